The lowest BCUT2D eigenvalue weighted by Crippen LogP contribution is -2.45. The van der Waals surface area contributed by atoms with Crippen LogP contribution in [0.4, 0.5) is 4.79 Å². The number of rotatable bonds is 11. The fraction of sp³-hybridized carbons (Fsp3) is 0.458. The van der Waals surface area contributed by atoms with Crippen LogP contribution >= 0.6 is 0 Å². The average Bonchev–Trinajstić information content (AvgIpc) is 2.83. The fourth-order valence-electron chi connectivity index (χ4n) is 3.36. The summed E-state index contributed by atoms with van der Waals surface area (Å²) in [4.78, 5) is 13.9. The number of amides is 2. The second-order valence-corrected chi connectivity index (χ2v) is 7.69. The van der Waals surface area contributed by atoms with E-state index in [1.807, 2.05) is 59.5 Å². The van der Waals surface area contributed by atoms with E-state index in [1.165, 1.54) is 6.42 Å². The summed E-state index contributed by atoms with van der Waals surface area (Å²) in [5.41, 5.74) is 1.12. The van der Waals surface area contributed by atoms with E-state index in [0.29, 0.717) is 32.0 Å². The SMILES string of the molecule is O=C(NCCNC[C@H](O)COc1ccc(OCc2ccccc2)cc1)N1CCCCC1. The first-order valence-electron chi connectivity index (χ1n) is 11.0. The Kier molecular flexibility index (Phi) is 9.47. The first-order chi connectivity index (χ1) is 15.2. The van der Waals surface area contributed by atoms with Crippen LogP contribution in [0.2, 0.25) is 0 Å². The van der Waals surface area contributed by atoms with Gasteiger partial charge in [-0.2, -0.15) is 0 Å². The van der Waals surface area contributed by atoms with Crippen molar-refractivity contribution in [3.8, 4) is 11.5 Å². The second kappa shape index (κ2) is 12.8. The quantitative estimate of drug-likeness (QED) is 0.481. The first-order valence-corrected chi connectivity index (χ1v) is 11.0. The van der Waals surface area contributed by atoms with Gasteiger partial charge in [-0.1, -0.05) is 30.3 Å². The Morgan fingerprint density at radius 3 is 2.32 bits per heavy atom. The zero-order chi connectivity index (χ0) is 21.7. The molecule has 2 amide bonds. The minimum absolute atomic E-state index is 0.00146. The molecule has 0 radical (unpaired) electrons. The third-order valence-corrected chi connectivity index (χ3v) is 5.12. The highest BCUT2D eigenvalue weighted by Gasteiger charge is 2.15. The third kappa shape index (κ3) is 8.47. The maximum atomic E-state index is 12.0. The Bertz CT molecular complexity index is 764. The van der Waals surface area contributed by atoms with Crippen molar-refractivity contribution in [1.82, 2.24) is 15.5 Å². The van der Waals surface area contributed by atoms with Crippen LogP contribution in [0.1, 0.15) is 24.8 Å². The normalized spacial score (nSPS) is 14.7. The second-order valence-electron chi connectivity index (χ2n) is 7.69. The van der Waals surface area contributed by atoms with Crippen molar-refractivity contribution in [3.05, 3.63) is 60.2 Å². The molecular formula is C24H33N3O4. The summed E-state index contributed by atoms with van der Waals surface area (Å²) < 4.78 is 11.4. The van der Waals surface area contributed by atoms with E-state index < -0.39 is 6.10 Å². The van der Waals surface area contributed by atoms with Gasteiger partial charge < -0.3 is 30.1 Å². The van der Waals surface area contributed by atoms with Gasteiger partial charge in [-0.25, -0.2) is 4.79 Å². The van der Waals surface area contributed by atoms with Crippen LogP contribution in [0.25, 0.3) is 0 Å². The number of piperidine rings is 1. The summed E-state index contributed by atoms with van der Waals surface area (Å²) in [5.74, 6) is 1.45. The summed E-state index contributed by atoms with van der Waals surface area (Å²) in [6.45, 7) is 3.93. The van der Waals surface area contributed by atoms with Crippen LogP contribution < -0.4 is 20.1 Å². The number of benzene rings is 2. The van der Waals surface area contributed by atoms with Gasteiger partial charge in [0.1, 0.15) is 30.8 Å². The van der Waals surface area contributed by atoms with Gasteiger partial charge in [-0.05, 0) is 49.1 Å². The van der Waals surface area contributed by atoms with E-state index in [2.05, 4.69) is 10.6 Å². The van der Waals surface area contributed by atoms with E-state index in [-0.39, 0.29) is 12.6 Å². The highest BCUT2D eigenvalue weighted by molar-refractivity contribution is 5.74. The van der Waals surface area contributed by atoms with E-state index in [1.54, 1.807) is 0 Å². The third-order valence-electron chi connectivity index (χ3n) is 5.12. The molecule has 7 nitrogen and oxygen atoms in total. The van der Waals surface area contributed by atoms with Crippen LogP contribution in [-0.2, 0) is 6.61 Å². The summed E-state index contributed by atoms with van der Waals surface area (Å²) >= 11 is 0. The van der Waals surface area contributed by atoms with Crippen LogP contribution in [-0.4, -0.2) is 61.5 Å². The molecule has 0 saturated carbocycles. The molecule has 2 aromatic rings. The number of carbonyl (C=O) groups is 1. The van der Waals surface area contributed by atoms with Gasteiger partial charge in [0.05, 0.1) is 0 Å². The summed E-state index contributed by atoms with van der Waals surface area (Å²) in [6, 6.07) is 17.4. The summed E-state index contributed by atoms with van der Waals surface area (Å²) in [5, 5.41) is 16.1. The van der Waals surface area contributed by atoms with E-state index in [4.69, 9.17) is 9.47 Å². The number of ether oxygens (including phenoxy) is 2. The summed E-state index contributed by atoms with van der Waals surface area (Å²) in [6.07, 6.45) is 2.74. The topological polar surface area (TPSA) is 83.1 Å². The lowest BCUT2D eigenvalue weighted by Gasteiger charge is -2.26. The molecule has 3 rings (SSSR count). The molecular weight excluding hydrogens is 394 g/mol. The lowest BCUT2D eigenvalue weighted by atomic mass is 10.1. The van der Waals surface area contributed by atoms with Gasteiger partial charge in [-0.15, -0.1) is 0 Å². The zero-order valence-corrected chi connectivity index (χ0v) is 18.0. The van der Waals surface area contributed by atoms with Crippen molar-refractivity contribution >= 4 is 6.03 Å². The number of aliphatic hydroxyl groups is 1. The average molecular weight is 428 g/mol. The van der Waals surface area contributed by atoms with Crippen LogP contribution in [0.5, 0.6) is 11.5 Å². The molecule has 0 spiro atoms. The number of likely N-dealkylation sites (tertiary alicyclic amines) is 1. The number of carbonyl (C=O) groups excluding carboxylic acids is 1. The van der Waals surface area contributed by atoms with Gasteiger partial charge in [-0.3, -0.25) is 0 Å². The minimum atomic E-state index is -0.633. The Morgan fingerprint density at radius 2 is 1.61 bits per heavy atom. The largest absolute Gasteiger partial charge is 0.491 e. The molecule has 31 heavy (non-hydrogen) atoms. The molecule has 0 unspecified atom stereocenters. The Labute approximate surface area is 184 Å². The molecule has 0 bridgehead atoms. The minimum Gasteiger partial charge on any atom is -0.491 e. The number of hydrogen-bond donors (Lipinski definition) is 3. The molecule has 0 aromatic heterocycles. The van der Waals surface area contributed by atoms with Crippen molar-refractivity contribution in [2.24, 2.45) is 0 Å². The van der Waals surface area contributed by atoms with Gasteiger partial charge in [0.25, 0.3) is 0 Å². The molecule has 1 aliphatic rings. The van der Waals surface area contributed by atoms with Gasteiger partial charge in [0.15, 0.2) is 0 Å². The number of urea groups is 1. The maximum Gasteiger partial charge on any atom is 0.317 e. The van der Waals surface area contributed by atoms with E-state index >= 15 is 0 Å². The molecule has 1 atom stereocenters. The van der Waals surface area contributed by atoms with E-state index in [9.17, 15) is 9.90 Å². The van der Waals surface area contributed by atoms with Crippen molar-refractivity contribution in [1.29, 1.82) is 0 Å². The van der Waals surface area contributed by atoms with Crippen molar-refractivity contribution < 1.29 is 19.4 Å². The Morgan fingerprint density at radius 1 is 0.935 bits per heavy atom. The lowest BCUT2D eigenvalue weighted by molar-refractivity contribution is 0.106. The predicted octanol–water partition coefficient (Wildman–Crippen LogP) is 2.79. The molecule has 1 heterocycles. The standard InChI is InChI=1S/C24H33N3O4/c28-21(17-25-13-14-26-24(29)27-15-5-2-6-16-27)19-31-23-11-9-22(10-12-23)30-18-20-7-3-1-4-8-20/h1,3-4,7-12,21,25,28H,2,5-6,13-19H2,(H,26,29)/t21-/m0/s1. The van der Waals surface area contributed by atoms with Gasteiger partial charge in [0, 0.05) is 32.7 Å². The fourth-order valence-corrected chi connectivity index (χ4v) is 3.36. The smallest absolute Gasteiger partial charge is 0.317 e. The van der Waals surface area contributed by atoms with Gasteiger partial charge >= 0.3 is 6.03 Å². The summed E-state index contributed by atoms with van der Waals surface area (Å²) in [7, 11) is 0. The molecule has 2 aromatic carbocycles. The Hall–Kier alpha value is -2.77. The molecule has 1 fully saturated rings. The molecule has 1 saturated heterocycles. The number of aliphatic hydroxyl groups excluding tert-OH is 1. The molecule has 7 heteroatoms. The number of nitrogens with one attached hydrogen (secondary N) is 2. The molecule has 0 aliphatic carbocycles. The predicted molar refractivity (Wildman–Crippen MR) is 120 cm³/mol. The van der Waals surface area contributed by atoms with E-state index in [0.717, 1.165) is 37.2 Å². The van der Waals surface area contributed by atoms with Crippen molar-refractivity contribution in [2.45, 2.75) is 32.0 Å². The first kappa shape index (κ1) is 22.9. The van der Waals surface area contributed by atoms with Crippen molar-refractivity contribution in [2.75, 3.05) is 39.3 Å². The van der Waals surface area contributed by atoms with Crippen LogP contribution in [0, 0.1) is 0 Å². The van der Waals surface area contributed by atoms with Crippen LogP contribution in [0.15, 0.2) is 54.6 Å². The van der Waals surface area contributed by atoms with Crippen LogP contribution in [0.3, 0.4) is 0 Å². The van der Waals surface area contributed by atoms with Gasteiger partial charge in [0.2, 0.25) is 0 Å². The maximum absolute atomic E-state index is 12.0. The molecule has 1 aliphatic heterocycles. The van der Waals surface area contributed by atoms with Crippen molar-refractivity contribution in [3.63, 3.8) is 0 Å². The monoisotopic (exact) mass is 427 g/mol. The highest BCUT2D eigenvalue weighted by atomic mass is 16.5. The highest BCUT2D eigenvalue weighted by Crippen LogP contribution is 2.19. The molecule has 168 valence electrons. The number of nitrogens with zero attached hydrogens (tertiary/aromatic N) is 1. The number of hydrogen-bond acceptors (Lipinski definition) is 5. The molecule has 3 N–H and O–H groups in total. The Balaban J connectivity index is 1.24. The zero-order valence-electron chi connectivity index (χ0n) is 18.0.